The Morgan fingerprint density at radius 3 is 2.68 bits per heavy atom. The quantitative estimate of drug-likeness (QED) is 0.881. The predicted octanol–water partition coefficient (Wildman–Crippen LogP) is 2.27. The van der Waals surface area contributed by atoms with Crippen molar-refractivity contribution in [2.24, 2.45) is 0 Å². The summed E-state index contributed by atoms with van der Waals surface area (Å²) in [4.78, 5) is 26.3. The van der Waals surface area contributed by atoms with Crippen LogP contribution < -0.4 is 10.6 Å². The number of nitrogens with one attached hydrogen (secondary N) is 2. The summed E-state index contributed by atoms with van der Waals surface area (Å²) in [5.41, 5.74) is 2.30. The summed E-state index contributed by atoms with van der Waals surface area (Å²) in [6.45, 7) is 5.41. The van der Waals surface area contributed by atoms with E-state index in [0.29, 0.717) is 25.1 Å². The molecule has 0 atom stereocenters. The Kier molecular flexibility index (Phi) is 3.81. The summed E-state index contributed by atoms with van der Waals surface area (Å²) in [6, 6.07) is 5.76. The topological polar surface area (TPSA) is 61.4 Å². The second-order valence-electron chi connectivity index (χ2n) is 6.29. The van der Waals surface area contributed by atoms with Gasteiger partial charge in [0, 0.05) is 32.4 Å². The van der Waals surface area contributed by atoms with Gasteiger partial charge in [-0.15, -0.1) is 0 Å². The van der Waals surface area contributed by atoms with Gasteiger partial charge in [0.05, 0.1) is 11.3 Å². The zero-order valence-electron chi connectivity index (χ0n) is 13.2. The molecule has 22 heavy (non-hydrogen) atoms. The number of piperidine rings is 1. The molecule has 0 unspecified atom stereocenters. The number of fused-ring (bicyclic) bond motifs is 1. The predicted molar refractivity (Wildman–Crippen MR) is 85.7 cm³/mol. The van der Waals surface area contributed by atoms with Crippen molar-refractivity contribution in [2.45, 2.75) is 45.2 Å². The van der Waals surface area contributed by atoms with Crippen molar-refractivity contribution in [3.8, 4) is 0 Å². The van der Waals surface area contributed by atoms with Gasteiger partial charge in [0.1, 0.15) is 5.66 Å². The highest BCUT2D eigenvalue weighted by atomic mass is 16.2. The first-order valence-corrected chi connectivity index (χ1v) is 8.03. The first-order chi connectivity index (χ1) is 10.5. The fourth-order valence-electron chi connectivity index (χ4n) is 3.34. The zero-order chi connectivity index (χ0) is 15.7. The van der Waals surface area contributed by atoms with E-state index in [1.807, 2.05) is 36.9 Å². The van der Waals surface area contributed by atoms with Crippen molar-refractivity contribution in [1.29, 1.82) is 0 Å². The number of anilines is 1. The minimum atomic E-state index is -0.417. The van der Waals surface area contributed by atoms with Crippen molar-refractivity contribution in [2.75, 3.05) is 18.4 Å². The molecule has 1 spiro atoms. The fraction of sp³-hybridized carbons (Fsp3) is 0.529. The lowest BCUT2D eigenvalue weighted by Crippen LogP contribution is -2.62. The molecule has 5 nitrogen and oxygen atoms in total. The molecular weight excluding hydrogens is 278 g/mol. The fourth-order valence-corrected chi connectivity index (χ4v) is 3.34. The van der Waals surface area contributed by atoms with Crippen molar-refractivity contribution in [1.82, 2.24) is 10.2 Å². The monoisotopic (exact) mass is 301 g/mol. The van der Waals surface area contributed by atoms with Gasteiger partial charge in [-0.2, -0.15) is 0 Å². The number of benzene rings is 1. The molecule has 1 aromatic rings. The second-order valence-corrected chi connectivity index (χ2v) is 6.29. The van der Waals surface area contributed by atoms with Gasteiger partial charge in [-0.3, -0.25) is 9.59 Å². The molecule has 0 aliphatic carbocycles. The van der Waals surface area contributed by atoms with Crippen LogP contribution in [0.15, 0.2) is 18.2 Å². The summed E-state index contributed by atoms with van der Waals surface area (Å²) >= 11 is 0. The number of aryl methyl sites for hydroxylation is 1. The molecule has 0 aromatic heterocycles. The van der Waals surface area contributed by atoms with Gasteiger partial charge >= 0.3 is 0 Å². The second kappa shape index (κ2) is 5.63. The Morgan fingerprint density at radius 2 is 2.00 bits per heavy atom. The first-order valence-electron chi connectivity index (χ1n) is 8.03. The van der Waals surface area contributed by atoms with E-state index in [1.165, 1.54) is 0 Å². The number of amides is 2. The van der Waals surface area contributed by atoms with Gasteiger partial charge < -0.3 is 15.5 Å². The molecule has 2 aliphatic rings. The van der Waals surface area contributed by atoms with Crippen molar-refractivity contribution in [3.05, 3.63) is 29.3 Å². The van der Waals surface area contributed by atoms with Crippen LogP contribution in [0.2, 0.25) is 0 Å². The lowest BCUT2D eigenvalue weighted by molar-refractivity contribution is -0.132. The molecule has 5 heteroatoms. The van der Waals surface area contributed by atoms with Crippen molar-refractivity contribution < 1.29 is 9.59 Å². The number of carbonyl (C=O) groups is 2. The van der Waals surface area contributed by atoms with Crippen LogP contribution in [0, 0.1) is 6.92 Å². The molecule has 118 valence electrons. The number of hydrogen-bond acceptors (Lipinski definition) is 3. The average Bonchev–Trinajstić information content (AvgIpc) is 2.49. The van der Waals surface area contributed by atoms with Crippen LogP contribution in [0.25, 0.3) is 0 Å². The lowest BCUT2D eigenvalue weighted by atomic mass is 9.91. The number of hydrogen-bond donors (Lipinski definition) is 2. The smallest absolute Gasteiger partial charge is 0.255 e. The molecule has 3 rings (SSSR count). The molecule has 2 N–H and O–H groups in total. The number of rotatable bonds is 2. The van der Waals surface area contributed by atoms with E-state index in [1.54, 1.807) is 0 Å². The highest BCUT2D eigenvalue weighted by Gasteiger charge is 2.41. The molecule has 1 fully saturated rings. The number of carbonyl (C=O) groups excluding carboxylic acids is 2. The molecule has 1 saturated heterocycles. The summed E-state index contributed by atoms with van der Waals surface area (Å²) in [7, 11) is 0. The van der Waals surface area contributed by atoms with Crippen LogP contribution in [0.3, 0.4) is 0 Å². The van der Waals surface area contributed by atoms with Crippen molar-refractivity contribution >= 4 is 17.5 Å². The van der Waals surface area contributed by atoms with E-state index in [2.05, 4.69) is 10.6 Å². The summed E-state index contributed by atoms with van der Waals surface area (Å²) in [6.07, 6.45) is 2.96. The third-order valence-electron chi connectivity index (χ3n) is 4.67. The van der Waals surface area contributed by atoms with E-state index in [0.717, 1.165) is 30.5 Å². The molecular formula is C17H23N3O2. The molecule has 1 aromatic carbocycles. The normalized spacial score (nSPS) is 19.4. The third-order valence-corrected chi connectivity index (χ3v) is 4.67. The molecule has 2 amide bonds. The Morgan fingerprint density at radius 1 is 1.27 bits per heavy atom. The van der Waals surface area contributed by atoms with E-state index >= 15 is 0 Å². The van der Waals surface area contributed by atoms with Crippen molar-refractivity contribution in [3.63, 3.8) is 0 Å². The molecule has 2 aliphatic heterocycles. The van der Waals surface area contributed by atoms with E-state index in [9.17, 15) is 9.59 Å². The van der Waals surface area contributed by atoms with Crippen LogP contribution in [0.1, 0.15) is 48.5 Å². The molecule has 0 radical (unpaired) electrons. The third kappa shape index (κ3) is 2.56. The lowest BCUT2D eigenvalue weighted by Gasteiger charge is -2.46. The highest BCUT2D eigenvalue weighted by Crippen LogP contribution is 2.33. The van der Waals surface area contributed by atoms with Gasteiger partial charge in [0.15, 0.2) is 0 Å². The molecule has 0 bridgehead atoms. The van der Waals surface area contributed by atoms with Crippen LogP contribution in [0.5, 0.6) is 0 Å². The Bertz CT molecular complexity index is 604. The maximum Gasteiger partial charge on any atom is 0.255 e. The van der Waals surface area contributed by atoms with Gasteiger partial charge in [-0.25, -0.2) is 0 Å². The summed E-state index contributed by atoms with van der Waals surface area (Å²) < 4.78 is 0. The highest BCUT2D eigenvalue weighted by molar-refractivity contribution is 6.02. The van der Waals surface area contributed by atoms with E-state index < -0.39 is 5.66 Å². The zero-order valence-corrected chi connectivity index (χ0v) is 13.2. The van der Waals surface area contributed by atoms with Gasteiger partial charge in [-0.05, 0) is 25.0 Å². The summed E-state index contributed by atoms with van der Waals surface area (Å²) in [5, 5.41) is 6.65. The minimum absolute atomic E-state index is 0.0224. The Balaban J connectivity index is 1.76. The SMILES string of the molecule is CCCC(=O)N1CCC2(CC1)NC(=O)c1cccc(C)c1N2. The number of para-hydroxylation sites is 1. The summed E-state index contributed by atoms with van der Waals surface area (Å²) in [5.74, 6) is 0.196. The largest absolute Gasteiger partial charge is 0.362 e. The van der Waals surface area contributed by atoms with Crippen LogP contribution in [-0.2, 0) is 4.79 Å². The Labute approximate surface area is 131 Å². The maximum atomic E-state index is 12.4. The van der Waals surface area contributed by atoms with Gasteiger partial charge in [0.2, 0.25) is 5.91 Å². The molecule has 2 heterocycles. The van der Waals surface area contributed by atoms with Crippen LogP contribution in [-0.4, -0.2) is 35.5 Å². The molecule has 0 saturated carbocycles. The minimum Gasteiger partial charge on any atom is -0.362 e. The average molecular weight is 301 g/mol. The Hall–Kier alpha value is -2.04. The van der Waals surface area contributed by atoms with Gasteiger partial charge in [-0.1, -0.05) is 19.1 Å². The van der Waals surface area contributed by atoms with Gasteiger partial charge in [0.25, 0.3) is 5.91 Å². The number of nitrogens with zero attached hydrogens (tertiary/aromatic N) is 1. The van der Waals surface area contributed by atoms with Crippen LogP contribution in [0.4, 0.5) is 5.69 Å². The van der Waals surface area contributed by atoms with E-state index in [-0.39, 0.29) is 11.8 Å². The standard InChI is InChI=1S/C17H23N3O2/c1-3-5-14(21)20-10-8-17(9-11-20)18-15-12(2)6-4-7-13(15)16(22)19-17/h4,6-7,18H,3,5,8-11H2,1-2H3,(H,19,22). The van der Waals surface area contributed by atoms with E-state index in [4.69, 9.17) is 0 Å². The first kappa shape index (κ1) is 14.9. The maximum absolute atomic E-state index is 12.4. The number of likely N-dealkylation sites (tertiary alicyclic amines) is 1. The van der Waals surface area contributed by atoms with Crippen LogP contribution >= 0.6 is 0 Å².